The van der Waals surface area contributed by atoms with E-state index in [-0.39, 0.29) is 12.1 Å². The van der Waals surface area contributed by atoms with E-state index in [0.717, 1.165) is 25.8 Å². The number of hydrogen-bond donors (Lipinski definition) is 2. The SMILES string of the molecule is CCCCCCCCNC1CCC(NC(=O)OC(C)(C)C)C1. The molecule has 1 aliphatic rings. The van der Waals surface area contributed by atoms with E-state index < -0.39 is 5.60 Å². The molecule has 22 heavy (non-hydrogen) atoms. The highest BCUT2D eigenvalue weighted by Crippen LogP contribution is 2.20. The monoisotopic (exact) mass is 312 g/mol. The number of carbonyl (C=O) groups excluding carboxylic acids is 1. The van der Waals surface area contributed by atoms with Crippen LogP contribution in [0.15, 0.2) is 0 Å². The van der Waals surface area contributed by atoms with Crippen LogP contribution in [0.4, 0.5) is 4.79 Å². The predicted molar refractivity (Wildman–Crippen MR) is 92.2 cm³/mol. The second-order valence-corrected chi connectivity index (χ2v) is 7.58. The van der Waals surface area contributed by atoms with Crippen LogP contribution >= 0.6 is 0 Å². The van der Waals surface area contributed by atoms with Crippen molar-refractivity contribution in [2.75, 3.05) is 6.54 Å². The van der Waals surface area contributed by atoms with Gasteiger partial charge in [0.2, 0.25) is 0 Å². The van der Waals surface area contributed by atoms with Crippen LogP contribution in [0.25, 0.3) is 0 Å². The maximum atomic E-state index is 11.8. The molecule has 4 nitrogen and oxygen atoms in total. The minimum atomic E-state index is -0.419. The maximum Gasteiger partial charge on any atom is 0.407 e. The van der Waals surface area contributed by atoms with Gasteiger partial charge in [0.05, 0.1) is 0 Å². The number of ether oxygens (including phenoxy) is 1. The normalized spacial score (nSPS) is 21.8. The first kappa shape index (κ1) is 19.3. The number of rotatable bonds is 9. The number of unbranched alkanes of at least 4 members (excludes halogenated alkanes) is 5. The molecule has 0 saturated heterocycles. The molecule has 0 heterocycles. The fourth-order valence-corrected chi connectivity index (χ4v) is 2.98. The van der Waals surface area contributed by atoms with Gasteiger partial charge in [0.15, 0.2) is 0 Å². The largest absolute Gasteiger partial charge is 0.444 e. The van der Waals surface area contributed by atoms with Crippen molar-refractivity contribution in [3.63, 3.8) is 0 Å². The Kier molecular flexibility index (Phi) is 8.84. The third-order valence-corrected chi connectivity index (χ3v) is 4.12. The highest BCUT2D eigenvalue weighted by Gasteiger charge is 2.27. The van der Waals surface area contributed by atoms with Gasteiger partial charge in [-0.05, 0) is 53.0 Å². The molecule has 2 unspecified atom stereocenters. The summed E-state index contributed by atoms with van der Waals surface area (Å²) in [6, 6.07) is 0.812. The van der Waals surface area contributed by atoms with Crippen LogP contribution in [0.1, 0.15) is 85.5 Å². The summed E-state index contributed by atoms with van der Waals surface area (Å²) in [5.74, 6) is 0. The van der Waals surface area contributed by atoms with E-state index in [1.165, 1.54) is 38.5 Å². The molecule has 0 radical (unpaired) electrons. The van der Waals surface area contributed by atoms with E-state index in [9.17, 15) is 4.79 Å². The molecule has 0 aromatic heterocycles. The third kappa shape index (κ3) is 9.29. The molecule has 2 N–H and O–H groups in total. The standard InChI is InChI=1S/C18H36N2O2/c1-5-6-7-8-9-10-13-19-15-11-12-16(14-15)20-17(21)22-18(2,3)4/h15-16,19H,5-14H2,1-4H3,(H,20,21). The summed E-state index contributed by atoms with van der Waals surface area (Å²) in [5.41, 5.74) is -0.419. The molecule has 0 bridgehead atoms. The van der Waals surface area contributed by atoms with Crippen molar-refractivity contribution < 1.29 is 9.53 Å². The molecule has 1 rings (SSSR count). The predicted octanol–water partition coefficient (Wildman–Crippen LogP) is 4.38. The summed E-state index contributed by atoms with van der Waals surface area (Å²) < 4.78 is 5.31. The van der Waals surface area contributed by atoms with Gasteiger partial charge in [-0.3, -0.25) is 0 Å². The third-order valence-electron chi connectivity index (χ3n) is 4.12. The van der Waals surface area contributed by atoms with E-state index in [1.807, 2.05) is 20.8 Å². The van der Waals surface area contributed by atoms with Crippen molar-refractivity contribution in [1.82, 2.24) is 10.6 Å². The van der Waals surface area contributed by atoms with Gasteiger partial charge in [-0.2, -0.15) is 0 Å². The molecule has 1 amide bonds. The molecule has 1 aliphatic carbocycles. The second kappa shape index (κ2) is 10.1. The van der Waals surface area contributed by atoms with Gasteiger partial charge < -0.3 is 15.4 Å². The van der Waals surface area contributed by atoms with Crippen LogP contribution in [0, 0.1) is 0 Å². The first-order valence-corrected chi connectivity index (χ1v) is 9.13. The number of hydrogen-bond acceptors (Lipinski definition) is 3. The number of alkyl carbamates (subject to hydrolysis) is 1. The topological polar surface area (TPSA) is 50.4 Å². The van der Waals surface area contributed by atoms with Crippen LogP contribution in [-0.4, -0.2) is 30.3 Å². The Bertz CT molecular complexity index is 313. The number of carbonyl (C=O) groups is 1. The molecular weight excluding hydrogens is 276 g/mol. The van der Waals surface area contributed by atoms with E-state index in [1.54, 1.807) is 0 Å². The Morgan fingerprint density at radius 1 is 1.05 bits per heavy atom. The van der Waals surface area contributed by atoms with E-state index in [0.29, 0.717) is 6.04 Å². The van der Waals surface area contributed by atoms with Crippen LogP contribution < -0.4 is 10.6 Å². The van der Waals surface area contributed by atoms with Crippen molar-refractivity contribution in [3.05, 3.63) is 0 Å². The van der Waals surface area contributed by atoms with Crippen LogP contribution in [0.2, 0.25) is 0 Å². The fraction of sp³-hybridized carbons (Fsp3) is 0.944. The lowest BCUT2D eigenvalue weighted by molar-refractivity contribution is 0.0505. The van der Waals surface area contributed by atoms with Gasteiger partial charge in [-0.15, -0.1) is 0 Å². The van der Waals surface area contributed by atoms with Gasteiger partial charge in [0.1, 0.15) is 5.60 Å². The van der Waals surface area contributed by atoms with Crippen LogP contribution in [0.5, 0.6) is 0 Å². The lowest BCUT2D eigenvalue weighted by atomic mass is 10.1. The zero-order valence-electron chi connectivity index (χ0n) is 15.0. The first-order valence-electron chi connectivity index (χ1n) is 9.13. The van der Waals surface area contributed by atoms with Crippen molar-refractivity contribution in [2.24, 2.45) is 0 Å². The lowest BCUT2D eigenvalue weighted by Crippen LogP contribution is -2.39. The van der Waals surface area contributed by atoms with Gasteiger partial charge in [-0.25, -0.2) is 4.79 Å². The van der Waals surface area contributed by atoms with E-state index in [2.05, 4.69) is 17.6 Å². The zero-order chi connectivity index (χ0) is 16.4. The molecular formula is C18H36N2O2. The summed E-state index contributed by atoms with van der Waals surface area (Å²) in [6.07, 6.45) is 11.0. The van der Waals surface area contributed by atoms with E-state index >= 15 is 0 Å². The Balaban J connectivity index is 2.04. The van der Waals surface area contributed by atoms with E-state index in [4.69, 9.17) is 4.74 Å². The molecule has 1 fully saturated rings. The van der Waals surface area contributed by atoms with Crippen molar-refractivity contribution >= 4 is 6.09 Å². The van der Waals surface area contributed by atoms with Crippen molar-refractivity contribution in [1.29, 1.82) is 0 Å². The van der Waals surface area contributed by atoms with Crippen molar-refractivity contribution in [3.8, 4) is 0 Å². The smallest absolute Gasteiger partial charge is 0.407 e. The van der Waals surface area contributed by atoms with Gasteiger partial charge in [-0.1, -0.05) is 39.0 Å². The summed E-state index contributed by atoms with van der Waals surface area (Å²) >= 11 is 0. The molecule has 0 aromatic carbocycles. The number of amides is 1. The average molecular weight is 312 g/mol. The highest BCUT2D eigenvalue weighted by molar-refractivity contribution is 5.68. The highest BCUT2D eigenvalue weighted by atomic mass is 16.6. The van der Waals surface area contributed by atoms with Gasteiger partial charge in [0.25, 0.3) is 0 Å². The summed E-state index contributed by atoms with van der Waals surface area (Å²) in [4.78, 5) is 11.8. The molecule has 4 heteroatoms. The zero-order valence-corrected chi connectivity index (χ0v) is 15.0. The van der Waals surface area contributed by atoms with Gasteiger partial charge in [0, 0.05) is 12.1 Å². The van der Waals surface area contributed by atoms with Crippen LogP contribution in [-0.2, 0) is 4.74 Å². The minimum Gasteiger partial charge on any atom is -0.444 e. The molecule has 0 spiro atoms. The second-order valence-electron chi connectivity index (χ2n) is 7.58. The fourth-order valence-electron chi connectivity index (χ4n) is 2.98. The summed E-state index contributed by atoms with van der Waals surface area (Å²) in [7, 11) is 0. The molecule has 0 aliphatic heterocycles. The minimum absolute atomic E-state index is 0.261. The van der Waals surface area contributed by atoms with Crippen molar-refractivity contribution in [2.45, 2.75) is 103 Å². The molecule has 0 aromatic rings. The first-order chi connectivity index (χ1) is 10.4. The summed E-state index contributed by atoms with van der Waals surface area (Å²) in [5, 5.41) is 6.62. The van der Waals surface area contributed by atoms with Crippen LogP contribution in [0.3, 0.4) is 0 Å². The molecule has 1 saturated carbocycles. The molecule has 2 atom stereocenters. The quantitative estimate of drug-likeness (QED) is 0.621. The summed E-state index contributed by atoms with van der Waals surface area (Å²) in [6.45, 7) is 9.05. The number of nitrogens with one attached hydrogen (secondary N) is 2. The Morgan fingerprint density at radius 3 is 2.36 bits per heavy atom. The Hall–Kier alpha value is -0.770. The lowest BCUT2D eigenvalue weighted by Gasteiger charge is -2.21. The maximum absolute atomic E-state index is 11.8. The Labute approximate surface area is 136 Å². The van der Waals surface area contributed by atoms with Gasteiger partial charge >= 0.3 is 6.09 Å². The Morgan fingerprint density at radius 2 is 1.68 bits per heavy atom. The average Bonchev–Trinajstić information content (AvgIpc) is 2.83. The molecule has 130 valence electrons.